The van der Waals surface area contributed by atoms with Crippen molar-refractivity contribution in [2.24, 2.45) is 5.73 Å². The maximum atomic E-state index is 13.3. The van der Waals surface area contributed by atoms with Gasteiger partial charge >= 0.3 is 0 Å². The van der Waals surface area contributed by atoms with Crippen LogP contribution in [-0.4, -0.2) is 58.8 Å². The highest BCUT2D eigenvalue weighted by atomic mass is 16.2. The minimum absolute atomic E-state index is 0.0859. The number of nitrogens with zero attached hydrogens (tertiary/aromatic N) is 3. The lowest BCUT2D eigenvalue weighted by Gasteiger charge is -2.44. The number of primary amides is 1. The highest BCUT2D eigenvalue weighted by Gasteiger charge is 2.37. The van der Waals surface area contributed by atoms with Crippen LogP contribution in [0.1, 0.15) is 22.7 Å². The number of pyridine rings is 1. The molecule has 3 N–H and O–H groups in total. The molecule has 0 spiro atoms. The van der Waals surface area contributed by atoms with Gasteiger partial charge in [-0.15, -0.1) is 0 Å². The highest BCUT2D eigenvalue weighted by Crippen LogP contribution is 2.32. The molecule has 3 aromatic rings. The van der Waals surface area contributed by atoms with Crippen molar-refractivity contribution >= 4 is 11.8 Å². The van der Waals surface area contributed by atoms with Crippen LogP contribution >= 0.6 is 0 Å². The van der Waals surface area contributed by atoms with E-state index >= 15 is 0 Å². The maximum absolute atomic E-state index is 13.3. The largest absolute Gasteiger partial charge is 0.368 e. The Hall–Kier alpha value is -3.55. The molecule has 170 valence electrons. The number of nitrogens with two attached hydrogens (primary N) is 1. The van der Waals surface area contributed by atoms with Gasteiger partial charge in [-0.25, -0.2) is 0 Å². The monoisotopic (exact) mass is 443 g/mol. The van der Waals surface area contributed by atoms with E-state index in [-0.39, 0.29) is 18.5 Å². The lowest BCUT2D eigenvalue weighted by atomic mass is 9.94. The Morgan fingerprint density at radius 3 is 2.21 bits per heavy atom. The van der Waals surface area contributed by atoms with Gasteiger partial charge in [0.25, 0.3) is 0 Å². The molecule has 1 saturated heterocycles. The number of piperazine rings is 1. The Labute approximate surface area is 194 Å². The summed E-state index contributed by atoms with van der Waals surface area (Å²) in [6.45, 7) is 2.58. The minimum atomic E-state index is -0.555. The fraction of sp³-hybridized carbons (Fsp3) is 0.269. The third kappa shape index (κ3) is 5.83. The second-order valence-corrected chi connectivity index (χ2v) is 8.26. The first kappa shape index (κ1) is 22.6. The van der Waals surface area contributed by atoms with Gasteiger partial charge in [-0.3, -0.25) is 24.4 Å². The van der Waals surface area contributed by atoms with E-state index in [1.54, 1.807) is 6.20 Å². The van der Waals surface area contributed by atoms with E-state index < -0.39 is 11.9 Å². The van der Waals surface area contributed by atoms with Gasteiger partial charge < -0.3 is 11.1 Å². The minimum Gasteiger partial charge on any atom is -0.368 e. The summed E-state index contributed by atoms with van der Waals surface area (Å²) in [4.78, 5) is 33.3. The molecule has 0 saturated carbocycles. The van der Waals surface area contributed by atoms with Crippen LogP contribution in [0.15, 0.2) is 85.2 Å². The van der Waals surface area contributed by atoms with E-state index in [0.29, 0.717) is 19.6 Å². The van der Waals surface area contributed by atoms with E-state index in [4.69, 9.17) is 5.73 Å². The molecule has 0 aliphatic carbocycles. The molecule has 0 radical (unpaired) electrons. The van der Waals surface area contributed by atoms with Crippen molar-refractivity contribution in [3.63, 3.8) is 0 Å². The number of carbonyl (C=O) groups excluding carboxylic acids is 2. The second-order valence-electron chi connectivity index (χ2n) is 8.26. The number of amides is 2. The van der Waals surface area contributed by atoms with Gasteiger partial charge in [0, 0.05) is 38.6 Å². The number of rotatable bonds is 8. The van der Waals surface area contributed by atoms with Gasteiger partial charge in [-0.2, -0.15) is 0 Å². The first-order valence-corrected chi connectivity index (χ1v) is 11.1. The van der Waals surface area contributed by atoms with Crippen molar-refractivity contribution < 1.29 is 9.59 Å². The molecule has 4 rings (SSSR count). The molecule has 0 bridgehead atoms. The topological polar surface area (TPSA) is 91.6 Å². The smallest absolute Gasteiger partial charge is 0.239 e. The van der Waals surface area contributed by atoms with Crippen LogP contribution in [0.5, 0.6) is 0 Å². The fourth-order valence-electron chi connectivity index (χ4n) is 4.43. The van der Waals surface area contributed by atoms with Crippen molar-refractivity contribution in [3.05, 3.63) is 102 Å². The molecule has 33 heavy (non-hydrogen) atoms. The zero-order valence-electron chi connectivity index (χ0n) is 18.5. The second kappa shape index (κ2) is 10.8. The van der Waals surface area contributed by atoms with E-state index in [1.165, 1.54) is 0 Å². The molecule has 2 heterocycles. The Morgan fingerprint density at radius 1 is 0.970 bits per heavy atom. The molecule has 1 unspecified atom stereocenters. The molecular weight excluding hydrogens is 414 g/mol. The van der Waals surface area contributed by atoms with Crippen molar-refractivity contribution in [3.8, 4) is 0 Å². The van der Waals surface area contributed by atoms with E-state index in [1.807, 2.05) is 54.7 Å². The Kier molecular flexibility index (Phi) is 7.44. The van der Waals surface area contributed by atoms with Gasteiger partial charge in [0.2, 0.25) is 11.8 Å². The van der Waals surface area contributed by atoms with Crippen LogP contribution in [0.3, 0.4) is 0 Å². The Morgan fingerprint density at radius 2 is 1.64 bits per heavy atom. The van der Waals surface area contributed by atoms with Crippen molar-refractivity contribution in [2.45, 2.75) is 18.6 Å². The molecule has 7 nitrogen and oxygen atoms in total. The third-order valence-corrected chi connectivity index (χ3v) is 5.94. The summed E-state index contributed by atoms with van der Waals surface area (Å²) in [5.41, 5.74) is 8.64. The first-order chi connectivity index (χ1) is 16.1. The molecule has 1 atom stereocenters. The first-order valence-electron chi connectivity index (χ1n) is 11.1. The number of hydrogen-bond acceptors (Lipinski definition) is 5. The van der Waals surface area contributed by atoms with Crippen LogP contribution in [0.25, 0.3) is 0 Å². The zero-order valence-corrected chi connectivity index (χ0v) is 18.5. The van der Waals surface area contributed by atoms with Crippen molar-refractivity contribution in [2.75, 3.05) is 26.2 Å². The molecule has 7 heteroatoms. The van der Waals surface area contributed by atoms with Gasteiger partial charge in [-0.05, 0) is 22.8 Å². The maximum Gasteiger partial charge on any atom is 0.239 e. The van der Waals surface area contributed by atoms with Crippen LogP contribution < -0.4 is 11.1 Å². The van der Waals surface area contributed by atoms with Crippen LogP contribution in [0.4, 0.5) is 0 Å². The number of carbonyl (C=O) groups is 2. The summed E-state index contributed by atoms with van der Waals surface area (Å²) < 4.78 is 0. The molecule has 2 amide bonds. The summed E-state index contributed by atoms with van der Waals surface area (Å²) >= 11 is 0. The Bertz CT molecular complexity index is 1010. The predicted octanol–water partition coefficient (Wildman–Crippen LogP) is 1.96. The number of hydrogen-bond donors (Lipinski definition) is 2. The average molecular weight is 444 g/mol. The molecule has 1 aliphatic rings. The fourth-order valence-corrected chi connectivity index (χ4v) is 4.43. The third-order valence-electron chi connectivity index (χ3n) is 5.94. The van der Waals surface area contributed by atoms with Gasteiger partial charge in [-0.1, -0.05) is 66.7 Å². The average Bonchev–Trinajstić information content (AvgIpc) is 2.85. The molecule has 1 aromatic heterocycles. The van der Waals surface area contributed by atoms with Crippen LogP contribution in [-0.2, 0) is 16.1 Å². The normalized spacial score (nSPS) is 17.1. The van der Waals surface area contributed by atoms with Gasteiger partial charge in [0.15, 0.2) is 0 Å². The lowest BCUT2D eigenvalue weighted by Crippen LogP contribution is -2.60. The predicted molar refractivity (Wildman–Crippen MR) is 127 cm³/mol. The summed E-state index contributed by atoms with van der Waals surface area (Å²) in [5, 5.41) is 2.73. The van der Waals surface area contributed by atoms with E-state index in [9.17, 15) is 9.59 Å². The molecule has 1 fully saturated rings. The number of benzene rings is 2. The zero-order chi connectivity index (χ0) is 23.0. The quantitative estimate of drug-likeness (QED) is 0.555. The van der Waals surface area contributed by atoms with Crippen molar-refractivity contribution in [1.29, 1.82) is 0 Å². The molecule has 2 aromatic carbocycles. The summed E-state index contributed by atoms with van der Waals surface area (Å²) in [7, 11) is 0. The standard InChI is InChI=1S/C26H29N5O2/c27-24(32)17-29-26(33)23-19-30(18-20-8-7-13-28-16-20)14-15-31(23)25(21-9-3-1-4-10-21)22-11-5-2-6-12-22/h1-13,16,23,25H,14-15,17-19H2,(H2,27,32)(H,29,33). The highest BCUT2D eigenvalue weighted by molar-refractivity contribution is 5.87. The summed E-state index contributed by atoms with van der Waals surface area (Å²) in [6, 6.07) is 23.9. The van der Waals surface area contributed by atoms with E-state index in [2.05, 4.69) is 44.4 Å². The van der Waals surface area contributed by atoms with Gasteiger partial charge in [0.1, 0.15) is 6.04 Å². The Balaban J connectivity index is 1.64. The molecular formula is C26H29N5O2. The van der Waals surface area contributed by atoms with E-state index in [0.717, 1.165) is 23.2 Å². The van der Waals surface area contributed by atoms with Gasteiger partial charge in [0.05, 0.1) is 12.6 Å². The molecule has 1 aliphatic heterocycles. The van der Waals surface area contributed by atoms with Crippen LogP contribution in [0.2, 0.25) is 0 Å². The summed E-state index contributed by atoms with van der Waals surface area (Å²) in [5.74, 6) is -0.748. The number of nitrogens with one attached hydrogen (secondary N) is 1. The van der Waals surface area contributed by atoms with Crippen LogP contribution in [0, 0.1) is 0 Å². The number of aromatic nitrogens is 1. The SMILES string of the molecule is NC(=O)CNC(=O)C1CN(Cc2cccnc2)CCN1C(c1ccccc1)c1ccccc1. The lowest BCUT2D eigenvalue weighted by molar-refractivity contribution is -0.132. The van der Waals surface area contributed by atoms with Crippen molar-refractivity contribution in [1.82, 2.24) is 20.1 Å². The summed E-state index contributed by atoms with van der Waals surface area (Å²) in [6.07, 6.45) is 3.61.